The van der Waals surface area contributed by atoms with Crippen LogP contribution in [-0.2, 0) is 4.79 Å². The molecular weight excluding hydrogens is 190 g/mol. The third kappa shape index (κ3) is 2.79. The van der Waals surface area contributed by atoms with Gasteiger partial charge in [-0.25, -0.2) is 0 Å². The Bertz CT molecular complexity index is 236. The molecule has 0 spiro atoms. The zero-order chi connectivity index (χ0) is 11.3. The molecule has 1 amide bonds. The molecule has 1 atom stereocenters. The predicted octanol–water partition coefficient (Wildman–Crippen LogP) is 0.102. The van der Waals surface area contributed by atoms with E-state index in [1.54, 1.807) is 0 Å². The van der Waals surface area contributed by atoms with Gasteiger partial charge in [0.15, 0.2) is 0 Å². The number of nitrogens with one attached hydrogen (secondary N) is 1. The van der Waals surface area contributed by atoms with E-state index in [0.717, 1.165) is 39.0 Å². The molecule has 1 aliphatic rings. The minimum atomic E-state index is -0.518. The molecule has 1 heterocycles. The lowest BCUT2D eigenvalue weighted by Gasteiger charge is -2.41. The van der Waals surface area contributed by atoms with Gasteiger partial charge >= 0.3 is 0 Å². The molecule has 1 unspecified atom stereocenters. The van der Waals surface area contributed by atoms with Crippen molar-refractivity contribution in [3.63, 3.8) is 0 Å². The van der Waals surface area contributed by atoms with Crippen LogP contribution in [0.5, 0.6) is 0 Å². The molecule has 0 aromatic rings. The number of nitrogens with two attached hydrogens (primary N) is 1. The molecule has 0 saturated carbocycles. The topological polar surface area (TPSA) is 58.4 Å². The van der Waals surface area contributed by atoms with Gasteiger partial charge in [-0.2, -0.15) is 0 Å². The summed E-state index contributed by atoms with van der Waals surface area (Å²) in [6, 6.07) is 0. The summed E-state index contributed by atoms with van der Waals surface area (Å²) in [5.74, 6) is -0.230. The number of allylic oxidation sites excluding steroid dienone is 1. The zero-order valence-corrected chi connectivity index (χ0v) is 9.46. The normalized spacial score (nSPS) is 21.9. The van der Waals surface area contributed by atoms with Gasteiger partial charge in [0.1, 0.15) is 0 Å². The quantitative estimate of drug-likeness (QED) is 0.634. The van der Waals surface area contributed by atoms with E-state index in [4.69, 9.17) is 5.73 Å². The van der Waals surface area contributed by atoms with Crippen LogP contribution in [0.4, 0.5) is 0 Å². The average Bonchev–Trinajstić information content (AvgIpc) is 2.27. The van der Waals surface area contributed by atoms with Crippen molar-refractivity contribution in [2.75, 3.05) is 26.2 Å². The monoisotopic (exact) mass is 211 g/mol. The van der Waals surface area contributed by atoms with E-state index < -0.39 is 5.54 Å². The van der Waals surface area contributed by atoms with Gasteiger partial charge in [0.25, 0.3) is 0 Å². The summed E-state index contributed by atoms with van der Waals surface area (Å²) >= 11 is 0. The summed E-state index contributed by atoms with van der Waals surface area (Å²) in [6.07, 6.45) is 3.42. The van der Waals surface area contributed by atoms with Gasteiger partial charge in [0.2, 0.25) is 5.91 Å². The highest BCUT2D eigenvalue weighted by Crippen LogP contribution is 2.21. The first-order valence-electron chi connectivity index (χ1n) is 5.48. The molecular formula is C11H21N3O. The van der Waals surface area contributed by atoms with Gasteiger partial charge in [0.05, 0.1) is 5.54 Å². The Morgan fingerprint density at radius 3 is 2.67 bits per heavy atom. The minimum Gasteiger partial charge on any atom is -0.368 e. The maximum atomic E-state index is 11.6. The summed E-state index contributed by atoms with van der Waals surface area (Å²) in [6.45, 7) is 9.25. The van der Waals surface area contributed by atoms with Crippen molar-refractivity contribution in [2.45, 2.75) is 25.3 Å². The summed E-state index contributed by atoms with van der Waals surface area (Å²) in [7, 11) is 0. The Balaban J connectivity index is 2.69. The van der Waals surface area contributed by atoms with Crippen LogP contribution in [0.1, 0.15) is 19.8 Å². The van der Waals surface area contributed by atoms with Crippen molar-refractivity contribution in [3.8, 4) is 0 Å². The fraction of sp³-hybridized carbons (Fsp3) is 0.727. The van der Waals surface area contributed by atoms with Crippen molar-refractivity contribution < 1.29 is 4.79 Å². The number of rotatable bonds is 5. The number of carbonyl (C=O) groups excluding carboxylic acids is 1. The van der Waals surface area contributed by atoms with E-state index in [2.05, 4.69) is 16.8 Å². The molecule has 3 N–H and O–H groups in total. The Kier molecular flexibility index (Phi) is 4.29. The zero-order valence-electron chi connectivity index (χ0n) is 9.46. The fourth-order valence-electron chi connectivity index (χ4n) is 1.98. The van der Waals surface area contributed by atoms with Gasteiger partial charge in [-0.05, 0) is 19.8 Å². The van der Waals surface area contributed by atoms with E-state index in [0.29, 0.717) is 0 Å². The molecule has 0 bridgehead atoms. The SMILES string of the molecule is C=CCCC(C)(C(N)=O)N1CCNCC1. The van der Waals surface area contributed by atoms with Crippen LogP contribution in [0.15, 0.2) is 12.7 Å². The Labute approximate surface area is 91.5 Å². The number of hydrogen-bond acceptors (Lipinski definition) is 3. The lowest BCUT2D eigenvalue weighted by Crippen LogP contribution is -2.60. The van der Waals surface area contributed by atoms with Gasteiger partial charge in [-0.3, -0.25) is 9.69 Å². The molecule has 1 saturated heterocycles. The lowest BCUT2D eigenvalue weighted by molar-refractivity contribution is -0.130. The van der Waals surface area contributed by atoms with Crippen LogP contribution in [0, 0.1) is 0 Å². The molecule has 4 nitrogen and oxygen atoms in total. The first kappa shape index (κ1) is 12.2. The molecule has 15 heavy (non-hydrogen) atoms. The molecule has 0 radical (unpaired) electrons. The predicted molar refractivity (Wildman–Crippen MR) is 61.5 cm³/mol. The second-order valence-electron chi connectivity index (χ2n) is 4.20. The number of amides is 1. The smallest absolute Gasteiger partial charge is 0.237 e. The average molecular weight is 211 g/mol. The van der Waals surface area contributed by atoms with E-state index in [1.165, 1.54) is 0 Å². The van der Waals surface area contributed by atoms with E-state index >= 15 is 0 Å². The van der Waals surface area contributed by atoms with Crippen LogP contribution in [0.3, 0.4) is 0 Å². The molecule has 0 aromatic heterocycles. The van der Waals surface area contributed by atoms with E-state index in [-0.39, 0.29) is 5.91 Å². The second kappa shape index (κ2) is 5.28. The van der Waals surface area contributed by atoms with Crippen LogP contribution in [-0.4, -0.2) is 42.5 Å². The third-order valence-electron chi connectivity index (χ3n) is 3.18. The minimum absolute atomic E-state index is 0.230. The lowest BCUT2D eigenvalue weighted by atomic mass is 9.92. The van der Waals surface area contributed by atoms with Crippen LogP contribution >= 0.6 is 0 Å². The summed E-state index contributed by atoms with van der Waals surface area (Å²) < 4.78 is 0. The molecule has 86 valence electrons. The van der Waals surface area contributed by atoms with Crippen molar-refractivity contribution in [1.29, 1.82) is 0 Å². The largest absolute Gasteiger partial charge is 0.368 e. The van der Waals surface area contributed by atoms with Crippen molar-refractivity contribution in [2.24, 2.45) is 5.73 Å². The van der Waals surface area contributed by atoms with Crippen molar-refractivity contribution >= 4 is 5.91 Å². The molecule has 4 heteroatoms. The highest BCUT2D eigenvalue weighted by Gasteiger charge is 2.37. The highest BCUT2D eigenvalue weighted by atomic mass is 16.1. The standard InChI is InChI=1S/C11H21N3O/c1-3-4-5-11(2,10(12)15)14-8-6-13-7-9-14/h3,13H,1,4-9H2,2H3,(H2,12,15). The third-order valence-corrected chi connectivity index (χ3v) is 3.18. The fourth-order valence-corrected chi connectivity index (χ4v) is 1.98. The Hall–Kier alpha value is -0.870. The number of piperazine rings is 1. The van der Waals surface area contributed by atoms with Crippen LogP contribution in [0.25, 0.3) is 0 Å². The van der Waals surface area contributed by atoms with Gasteiger partial charge < -0.3 is 11.1 Å². The Morgan fingerprint density at radius 1 is 1.60 bits per heavy atom. The van der Waals surface area contributed by atoms with Gasteiger partial charge in [-0.1, -0.05) is 6.08 Å². The number of hydrogen-bond donors (Lipinski definition) is 2. The molecule has 0 aromatic carbocycles. The number of primary amides is 1. The van der Waals surface area contributed by atoms with Gasteiger partial charge in [-0.15, -0.1) is 6.58 Å². The first-order chi connectivity index (χ1) is 7.11. The summed E-state index contributed by atoms with van der Waals surface area (Å²) in [5, 5.41) is 3.27. The summed E-state index contributed by atoms with van der Waals surface area (Å²) in [4.78, 5) is 13.7. The maximum Gasteiger partial charge on any atom is 0.237 e. The van der Waals surface area contributed by atoms with Gasteiger partial charge in [0, 0.05) is 26.2 Å². The van der Waals surface area contributed by atoms with Crippen LogP contribution in [0.2, 0.25) is 0 Å². The maximum absolute atomic E-state index is 11.6. The van der Waals surface area contributed by atoms with E-state index in [9.17, 15) is 4.79 Å². The number of carbonyl (C=O) groups is 1. The second-order valence-corrected chi connectivity index (χ2v) is 4.20. The highest BCUT2D eigenvalue weighted by molar-refractivity contribution is 5.84. The van der Waals surface area contributed by atoms with Crippen molar-refractivity contribution in [1.82, 2.24) is 10.2 Å². The molecule has 1 fully saturated rings. The molecule has 1 aliphatic heterocycles. The summed E-state index contributed by atoms with van der Waals surface area (Å²) in [5.41, 5.74) is 4.99. The van der Waals surface area contributed by atoms with Crippen molar-refractivity contribution in [3.05, 3.63) is 12.7 Å². The van der Waals surface area contributed by atoms with E-state index in [1.807, 2.05) is 13.0 Å². The Morgan fingerprint density at radius 2 is 2.20 bits per heavy atom. The van der Waals surface area contributed by atoms with Crippen LogP contribution < -0.4 is 11.1 Å². The number of nitrogens with zero attached hydrogens (tertiary/aromatic N) is 1. The first-order valence-corrected chi connectivity index (χ1v) is 5.48. The molecule has 1 rings (SSSR count). The molecule has 0 aliphatic carbocycles.